The molecule has 0 aliphatic heterocycles. The van der Waals surface area contributed by atoms with E-state index in [4.69, 9.17) is 9.98 Å². The molecule has 7 rings (SSSR count). The van der Waals surface area contributed by atoms with Crippen LogP contribution in [0, 0.1) is 0 Å². The molecule has 4 aromatic rings. The van der Waals surface area contributed by atoms with E-state index in [1.165, 1.54) is 33.2 Å². The molecule has 3 aliphatic rings. The van der Waals surface area contributed by atoms with E-state index < -0.39 is 0 Å². The van der Waals surface area contributed by atoms with Crippen molar-refractivity contribution in [3.8, 4) is 0 Å². The van der Waals surface area contributed by atoms with Crippen LogP contribution in [-0.2, 0) is 10.9 Å². The second-order valence-electron chi connectivity index (χ2n) is 8.37. The molecule has 0 N–H and O–H groups in total. The first kappa shape index (κ1) is 24.2. The van der Waals surface area contributed by atoms with Gasteiger partial charge in [0.15, 0.2) is 0 Å². The van der Waals surface area contributed by atoms with E-state index in [0.29, 0.717) is 0 Å². The zero-order valence-electron chi connectivity index (χ0n) is 18.6. The van der Waals surface area contributed by atoms with E-state index in [9.17, 15) is 0 Å². The number of hydrogen-bond acceptors (Lipinski definition) is 4. The number of benzene rings is 2. The van der Waals surface area contributed by atoms with Crippen molar-refractivity contribution in [2.75, 3.05) is 0 Å². The minimum absolute atomic E-state index is 0.0120. The van der Waals surface area contributed by atoms with Crippen LogP contribution in [0.25, 0.3) is 0 Å². The zero-order chi connectivity index (χ0) is 24.0. The summed E-state index contributed by atoms with van der Waals surface area (Å²) >= 11 is 6.00. The first-order chi connectivity index (χ1) is 17.3. The SMILES string of the molecule is C(=N[C@@H]1C2c3ccccc3C(c3ccccc32)[C@H]1N=Cc1cccnc1)c1cccnc1.[Br][Ni][Br]. The van der Waals surface area contributed by atoms with Crippen LogP contribution in [0.15, 0.2) is 108 Å². The van der Waals surface area contributed by atoms with Gasteiger partial charge in [-0.15, -0.1) is 0 Å². The van der Waals surface area contributed by atoms with Gasteiger partial charge in [-0.2, -0.15) is 0 Å². The van der Waals surface area contributed by atoms with E-state index in [1.54, 1.807) is 12.4 Å². The summed E-state index contributed by atoms with van der Waals surface area (Å²) in [5.41, 5.74) is 7.50. The molecule has 7 heteroatoms. The fraction of sp³-hybridized carbons (Fsp3) is 0.143. The van der Waals surface area contributed by atoms with Crippen molar-refractivity contribution in [3.63, 3.8) is 0 Å². The van der Waals surface area contributed by atoms with Gasteiger partial charge in [0.2, 0.25) is 0 Å². The summed E-state index contributed by atoms with van der Waals surface area (Å²) in [5.74, 6) is 0.354. The second-order valence-corrected chi connectivity index (χ2v) is 13.4. The summed E-state index contributed by atoms with van der Waals surface area (Å²) in [5, 5.41) is 0. The maximum atomic E-state index is 5.13. The Morgan fingerprint density at radius 1 is 0.600 bits per heavy atom. The molecule has 2 bridgehead atoms. The van der Waals surface area contributed by atoms with E-state index in [1.807, 2.05) is 49.1 Å². The Balaban J connectivity index is 0.000000806. The van der Waals surface area contributed by atoms with Gasteiger partial charge < -0.3 is 0 Å². The topological polar surface area (TPSA) is 50.5 Å². The van der Waals surface area contributed by atoms with Gasteiger partial charge in [0.05, 0.1) is 12.1 Å². The van der Waals surface area contributed by atoms with Gasteiger partial charge in [0.1, 0.15) is 0 Å². The number of hydrogen-bond donors (Lipinski definition) is 0. The molecule has 2 heterocycles. The van der Waals surface area contributed by atoms with Gasteiger partial charge in [0.25, 0.3) is 0 Å². The molecule has 2 atom stereocenters. The molecule has 3 aliphatic carbocycles. The van der Waals surface area contributed by atoms with E-state index in [0.717, 1.165) is 11.1 Å². The summed E-state index contributed by atoms with van der Waals surface area (Å²) in [6.07, 6.45) is 11.2. The maximum absolute atomic E-state index is 5.13. The predicted molar refractivity (Wildman–Crippen MR) is 146 cm³/mol. The van der Waals surface area contributed by atoms with Crippen LogP contribution < -0.4 is 0 Å². The fourth-order valence-corrected chi connectivity index (χ4v) is 5.22. The monoisotopic (exact) mass is 630 g/mol. The molecule has 0 radical (unpaired) electrons. The van der Waals surface area contributed by atoms with Gasteiger partial charge >= 0.3 is 39.3 Å². The Morgan fingerprint density at radius 3 is 1.29 bits per heavy atom. The van der Waals surface area contributed by atoms with Crippen LogP contribution in [0.2, 0.25) is 0 Å². The number of fused-ring (bicyclic) bond motifs is 1. The van der Waals surface area contributed by atoms with Crippen molar-refractivity contribution in [2.24, 2.45) is 9.98 Å². The van der Waals surface area contributed by atoms with Crippen molar-refractivity contribution in [1.29, 1.82) is 0 Å². The number of nitrogens with zero attached hydrogens (tertiary/aromatic N) is 4. The zero-order valence-corrected chi connectivity index (χ0v) is 22.7. The van der Waals surface area contributed by atoms with Crippen LogP contribution >= 0.6 is 28.5 Å². The molecule has 35 heavy (non-hydrogen) atoms. The van der Waals surface area contributed by atoms with Crippen molar-refractivity contribution >= 4 is 40.9 Å². The predicted octanol–water partition coefficient (Wildman–Crippen LogP) is 6.73. The Kier molecular flexibility index (Phi) is 7.97. The molecule has 0 spiro atoms. The van der Waals surface area contributed by atoms with Gasteiger partial charge in [0, 0.05) is 60.2 Å². The molecule has 4 nitrogen and oxygen atoms in total. The van der Waals surface area contributed by atoms with Crippen molar-refractivity contribution in [2.45, 2.75) is 23.9 Å². The van der Waals surface area contributed by atoms with Crippen LogP contribution in [0.4, 0.5) is 0 Å². The summed E-state index contributed by atoms with van der Waals surface area (Å²) in [6.45, 7) is 0. The van der Waals surface area contributed by atoms with E-state index in [2.05, 4.69) is 86.9 Å². The summed E-state index contributed by atoms with van der Waals surface area (Å²) < 4.78 is 0. The van der Waals surface area contributed by atoms with Crippen molar-refractivity contribution in [1.82, 2.24) is 9.97 Å². The molecule has 2 aromatic carbocycles. The molecule has 0 unspecified atom stereocenters. The summed E-state index contributed by atoms with van der Waals surface area (Å²) in [7, 11) is 1.25. The Bertz CT molecular complexity index is 1180. The number of halogens is 2. The van der Waals surface area contributed by atoms with E-state index in [-0.39, 0.29) is 23.9 Å². The number of pyridine rings is 2. The number of rotatable bonds is 4. The molecule has 0 saturated carbocycles. The number of aliphatic imine (C=N–C) groups is 2. The Hall–Kier alpha value is -2.47. The third-order valence-electron chi connectivity index (χ3n) is 6.53. The normalized spacial score (nSPS) is 22.0. The Labute approximate surface area is 225 Å². The molecule has 0 amide bonds. The standard InChI is InChI=1S/C28H22N4.2BrH.Ni/c1-2-10-22-21(9-1)25-23-11-3-4-12-24(23)26(22)28(32-18-20-8-6-14-30-16-20)27(25)31-17-19-7-5-13-29-15-19;;;/h1-18,25-28H;2*1H;/q;;;+2/p-2/t25?,26?,27-,28-;;;/m1.../s1. The molecule has 2 aromatic heterocycles. The second kappa shape index (κ2) is 11.5. The first-order valence-electron chi connectivity index (χ1n) is 11.2. The quantitative estimate of drug-likeness (QED) is 0.185. The molecule has 0 fully saturated rings. The van der Waals surface area contributed by atoms with Gasteiger partial charge in [-0.3, -0.25) is 20.0 Å². The van der Waals surface area contributed by atoms with Crippen LogP contribution in [0.1, 0.15) is 45.2 Å². The summed E-state index contributed by atoms with van der Waals surface area (Å²) in [6, 6.07) is 25.6. The fourth-order valence-electron chi connectivity index (χ4n) is 5.22. The van der Waals surface area contributed by atoms with E-state index >= 15 is 0 Å². The first-order valence-corrected chi connectivity index (χ1v) is 16.1. The molecule has 178 valence electrons. The van der Waals surface area contributed by atoms with Crippen LogP contribution in [0.5, 0.6) is 0 Å². The summed E-state index contributed by atoms with van der Waals surface area (Å²) in [4.78, 5) is 18.7. The van der Waals surface area contributed by atoms with Gasteiger partial charge in [-0.05, 0) is 34.4 Å². The van der Waals surface area contributed by atoms with Crippen molar-refractivity contribution in [3.05, 3.63) is 131 Å². The van der Waals surface area contributed by atoms with Crippen molar-refractivity contribution < 1.29 is 10.9 Å². The minimum atomic E-state index is 0.0120. The molecular formula is C28H22Br2N4Ni. The van der Waals surface area contributed by atoms with Gasteiger partial charge in [-0.25, -0.2) is 0 Å². The van der Waals surface area contributed by atoms with Crippen LogP contribution in [-0.4, -0.2) is 34.5 Å². The number of aromatic nitrogens is 2. The van der Waals surface area contributed by atoms with Gasteiger partial charge in [-0.1, -0.05) is 60.7 Å². The molecule has 0 saturated heterocycles. The Morgan fingerprint density at radius 2 is 0.971 bits per heavy atom. The van der Waals surface area contributed by atoms with Crippen LogP contribution in [0.3, 0.4) is 0 Å². The average Bonchev–Trinajstić information content (AvgIpc) is 2.92. The average molecular weight is 633 g/mol. The third-order valence-corrected chi connectivity index (χ3v) is 6.53. The third kappa shape index (κ3) is 5.09. The molecular weight excluding hydrogens is 611 g/mol.